The fourth-order valence-electron chi connectivity index (χ4n) is 2.04. The monoisotopic (exact) mass is 411 g/mol. The number of sulfonamides is 1. The summed E-state index contributed by atoms with van der Waals surface area (Å²) in [6.07, 6.45) is 0. The molecule has 0 fully saturated rings. The number of hydrogen-bond acceptors (Lipinski definition) is 6. The summed E-state index contributed by atoms with van der Waals surface area (Å²) in [4.78, 5) is 17.0. The number of nitrogens with zero attached hydrogens (tertiary/aromatic N) is 3. The molecule has 0 saturated carbocycles. The number of anilines is 1. The predicted octanol–water partition coefficient (Wildman–Crippen LogP) is 2.47. The van der Waals surface area contributed by atoms with E-state index in [1.807, 2.05) is 20.8 Å². The Bertz CT molecular complexity index is 917. The maximum atomic E-state index is 12.5. The smallest absolute Gasteiger partial charge is 0.242 e. The Morgan fingerprint density at radius 2 is 1.96 bits per heavy atom. The minimum atomic E-state index is -3.56. The fraction of sp³-hybridized carbons (Fsp3) is 0.471. The molecule has 2 aromatic rings. The molecule has 1 aromatic carbocycles. The molecule has 148 valence electrons. The van der Waals surface area contributed by atoms with Crippen LogP contribution < -0.4 is 5.32 Å². The van der Waals surface area contributed by atoms with Crippen LogP contribution in [0.25, 0.3) is 0 Å². The highest BCUT2D eigenvalue weighted by atomic mass is 32.2. The van der Waals surface area contributed by atoms with Crippen LogP contribution in [-0.2, 0) is 20.2 Å². The maximum Gasteiger partial charge on any atom is 0.242 e. The van der Waals surface area contributed by atoms with E-state index in [4.69, 9.17) is 0 Å². The van der Waals surface area contributed by atoms with Crippen molar-refractivity contribution in [2.24, 2.45) is 0 Å². The van der Waals surface area contributed by atoms with Crippen molar-refractivity contribution in [3.8, 4) is 0 Å². The largest absolute Gasteiger partial charge is 0.325 e. The Balaban J connectivity index is 2.08. The lowest BCUT2D eigenvalue weighted by molar-refractivity contribution is -0.115. The molecule has 0 aliphatic heterocycles. The standard InChI is InChI=1S/C17H25N5O3S2/c1-11(26-16-19-15(20-21-16)17(2,3)4)14(23)18-12-8-7-9-13(10-12)27(24,25)22(5)6/h7-11H,1-6H3,(H,18,23)(H,19,20,21). The van der Waals surface area contributed by atoms with Crippen molar-refractivity contribution in [2.45, 2.75) is 48.4 Å². The van der Waals surface area contributed by atoms with Gasteiger partial charge in [-0.2, -0.15) is 0 Å². The number of hydrogen-bond donors (Lipinski definition) is 2. The minimum Gasteiger partial charge on any atom is -0.325 e. The molecule has 0 aliphatic rings. The molecule has 0 aliphatic carbocycles. The number of nitrogens with one attached hydrogen (secondary N) is 2. The topological polar surface area (TPSA) is 108 Å². The highest BCUT2D eigenvalue weighted by molar-refractivity contribution is 8.00. The second kappa shape index (κ2) is 7.99. The van der Waals surface area contributed by atoms with E-state index in [0.29, 0.717) is 10.8 Å². The molecule has 2 rings (SSSR count). The average molecular weight is 412 g/mol. The van der Waals surface area contributed by atoms with Crippen LogP contribution in [0.3, 0.4) is 0 Å². The van der Waals surface area contributed by atoms with Gasteiger partial charge < -0.3 is 5.32 Å². The number of aromatic amines is 1. The predicted molar refractivity (Wildman–Crippen MR) is 106 cm³/mol. The van der Waals surface area contributed by atoms with Crippen molar-refractivity contribution < 1.29 is 13.2 Å². The van der Waals surface area contributed by atoms with Gasteiger partial charge in [-0.25, -0.2) is 17.7 Å². The lowest BCUT2D eigenvalue weighted by atomic mass is 9.96. The molecule has 27 heavy (non-hydrogen) atoms. The Morgan fingerprint density at radius 3 is 2.52 bits per heavy atom. The molecule has 10 heteroatoms. The van der Waals surface area contributed by atoms with E-state index < -0.39 is 15.3 Å². The van der Waals surface area contributed by atoms with Crippen LogP contribution in [0.5, 0.6) is 0 Å². The first-order valence-electron chi connectivity index (χ1n) is 8.34. The van der Waals surface area contributed by atoms with E-state index in [2.05, 4.69) is 20.5 Å². The molecule has 8 nitrogen and oxygen atoms in total. The van der Waals surface area contributed by atoms with Gasteiger partial charge in [-0.3, -0.25) is 9.89 Å². The summed E-state index contributed by atoms with van der Waals surface area (Å²) in [5.41, 5.74) is 0.260. The van der Waals surface area contributed by atoms with Gasteiger partial charge in [0, 0.05) is 25.2 Å². The van der Waals surface area contributed by atoms with E-state index in [0.717, 1.165) is 10.1 Å². The third-order valence-electron chi connectivity index (χ3n) is 3.71. The van der Waals surface area contributed by atoms with E-state index in [1.54, 1.807) is 19.1 Å². The van der Waals surface area contributed by atoms with Crippen LogP contribution in [0.1, 0.15) is 33.5 Å². The summed E-state index contributed by atoms with van der Waals surface area (Å²) in [5.74, 6) is 0.487. The third kappa shape index (κ3) is 5.30. The third-order valence-corrected chi connectivity index (χ3v) is 6.48. The summed E-state index contributed by atoms with van der Waals surface area (Å²) < 4.78 is 25.6. The van der Waals surface area contributed by atoms with Crippen LogP contribution in [0.4, 0.5) is 5.69 Å². The van der Waals surface area contributed by atoms with Gasteiger partial charge in [0.25, 0.3) is 0 Å². The molecule has 1 atom stereocenters. The Kier molecular flexibility index (Phi) is 6.33. The lowest BCUT2D eigenvalue weighted by Crippen LogP contribution is -2.24. The normalized spacial score (nSPS) is 13.6. The van der Waals surface area contributed by atoms with Gasteiger partial charge in [-0.05, 0) is 25.1 Å². The van der Waals surface area contributed by atoms with Crippen molar-refractivity contribution in [1.29, 1.82) is 0 Å². The first kappa shape index (κ1) is 21.4. The SMILES string of the molecule is CC(Sc1n[nH]c(C(C)(C)C)n1)C(=O)Nc1cccc(S(=O)(=O)N(C)C)c1. The molecule has 1 aromatic heterocycles. The van der Waals surface area contributed by atoms with Gasteiger partial charge in [0.15, 0.2) is 0 Å². The number of carbonyl (C=O) groups excluding carboxylic acids is 1. The number of H-pyrrole nitrogens is 1. The second-order valence-corrected chi connectivity index (χ2v) is 10.7. The first-order valence-corrected chi connectivity index (χ1v) is 10.7. The van der Waals surface area contributed by atoms with Crippen molar-refractivity contribution >= 4 is 33.4 Å². The van der Waals surface area contributed by atoms with Crippen molar-refractivity contribution in [2.75, 3.05) is 19.4 Å². The van der Waals surface area contributed by atoms with E-state index in [-0.39, 0.29) is 16.2 Å². The number of thioether (sulfide) groups is 1. The molecular weight excluding hydrogens is 386 g/mol. The summed E-state index contributed by atoms with van der Waals surface area (Å²) in [7, 11) is -0.642. The molecule has 0 saturated heterocycles. The van der Waals surface area contributed by atoms with Gasteiger partial charge in [0.1, 0.15) is 5.82 Å². The summed E-state index contributed by atoms with van der Waals surface area (Å²) >= 11 is 1.23. The van der Waals surface area contributed by atoms with Crippen molar-refractivity contribution in [3.63, 3.8) is 0 Å². The number of carbonyl (C=O) groups is 1. The van der Waals surface area contributed by atoms with E-state index in [9.17, 15) is 13.2 Å². The molecular formula is C17H25N5O3S2. The number of benzene rings is 1. The van der Waals surface area contributed by atoms with Crippen LogP contribution in [0.15, 0.2) is 34.3 Å². The Hall–Kier alpha value is -1.91. The van der Waals surface area contributed by atoms with Gasteiger partial charge >= 0.3 is 0 Å². The molecule has 0 bridgehead atoms. The number of amides is 1. The minimum absolute atomic E-state index is 0.120. The summed E-state index contributed by atoms with van der Waals surface area (Å²) in [6.45, 7) is 7.81. The highest BCUT2D eigenvalue weighted by Gasteiger charge is 2.22. The fourth-order valence-corrected chi connectivity index (χ4v) is 3.71. The van der Waals surface area contributed by atoms with Crippen LogP contribution in [0, 0.1) is 0 Å². The van der Waals surface area contributed by atoms with Gasteiger partial charge in [-0.15, -0.1) is 5.10 Å². The van der Waals surface area contributed by atoms with Crippen molar-refractivity contribution in [1.82, 2.24) is 19.5 Å². The lowest BCUT2D eigenvalue weighted by Gasteiger charge is -2.14. The zero-order valence-electron chi connectivity index (χ0n) is 16.3. The van der Waals surface area contributed by atoms with Crippen LogP contribution in [0.2, 0.25) is 0 Å². The zero-order valence-corrected chi connectivity index (χ0v) is 17.9. The zero-order chi connectivity index (χ0) is 20.4. The molecule has 2 N–H and O–H groups in total. The molecule has 0 spiro atoms. The van der Waals surface area contributed by atoms with Crippen molar-refractivity contribution in [3.05, 3.63) is 30.1 Å². The Labute approximate surface area is 164 Å². The van der Waals surface area contributed by atoms with Gasteiger partial charge in [0.05, 0.1) is 10.1 Å². The van der Waals surface area contributed by atoms with E-state index in [1.165, 1.54) is 38.0 Å². The number of rotatable bonds is 6. The van der Waals surface area contributed by atoms with Crippen LogP contribution in [-0.4, -0.2) is 53.2 Å². The van der Waals surface area contributed by atoms with Crippen LogP contribution >= 0.6 is 11.8 Å². The average Bonchev–Trinajstić information content (AvgIpc) is 3.03. The highest BCUT2D eigenvalue weighted by Crippen LogP contribution is 2.25. The molecule has 1 unspecified atom stereocenters. The molecule has 1 amide bonds. The van der Waals surface area contributed by atoms with Gasteiger partial charge in [0.2, 0.25) is 21.1 Å². The quantitative estimate of drug-likeness (QED) is 0.707. The molecule has 1 heterocycles. The summed E-state index contributed by atoms with van der Waals surface area (Å²) in [5, 5.41) is 9.81. The van der Waals surface area contributed by atoms with Gasteiger partial charge in [-0.1, -0.05) is 38.6 Å². The summed E-state index contributed by atoms with van der Waals surface area (Å²) in [6, 6.07) is 6.17. The Morgan fingerprint density at radius 1 is 1.30 bits per heavy atom. The maximum absolute atomic E-state index is 12.5. The van der Waals surface area contributed by atoms with E-state index >= 15 is 0 Å². The molecule has 0 radical (unpaired) electrons. The first-order chi connectivity index (χ1) is 12.4. The second-order valence-electron chi connectivity index (χ2n) is 7.28. The number of aromatic nitrogens is 3.